The number of amides is 1. The lowest BCUT2D eigenvalue weighted by Gasteiger charge is -2.34. The van der Waals surface area contributed by atoms with Crippen LogP contribution in [0.3, 0.4) is 0 Å². The number of halogens is 2. The standard InChI is InChI=1S/C23H28F2N2O2/c1-2-29-23(28)27-16-14-26(15-17-27)13-3-4-22(18-5-9-20(24)10-6-18)19-7-11-21(25)12-8-19/h5-12,22H,2-4,13-17H2,1H3. The van der Waals surface area contributed by atoms with Gasteiger partial charge in [0.25, 0.3) is 0 Å². The van der Waals surface area contributed by atoms with Gasteiger partial charge in [0.2, 0.25) is 0 Å². The Labute approximate surface area is 171 Å². The highest BCUT2D eigenvalue weighted by molar-refractivity contribution is 5.67. The molecule has 6 heteroatoms. The molecule has 0 aliphatic carbocycles. The summed E-state index contributed by atoms with van der Waals surface area (Å²) in [7, 11) is 0. The highest BCUT2D eigenvalue weighted by Gasteiger charge is 2.22. The van der Waals surface area contributed by atoms with E-state index in [2.05, 4.69) is 4.90 Å². The third kappa shape index (κ3) is 6.00. The number of hydrogen-bond acceptors (Lipinski definition) is 3. The molecule has 0 unspecified atom stereocenters. The Morgan fingerprint density at radius 1 is 0.931 bits per heavy atom. The van der Waals surface area contributed by atoms with E-state index in [9.17, 15) is 13.6 Å². The second-order valence-electron chi connectivity index (χ2n) is 7.33. The molecule has 29 heavy (non-hydrogen) atoms. The Morgan fingerprint density at radius 3 is 1.93 bits per heavy atom. The van der Waals surface area contributed by atoms with Gasteiger partial charge < -0.3 is 9.64 Å². The number of hydrogen-bond donors (Lipinski definition) is 0. The van der Waals surface area contributed by atoms with Crippen LogP contribution in [-0.2, 0) is 4.74 Å². The number of carbonyl (C=O) groups is 1. The van der Waals surface area contributed by atoms with Crippen molar-refractivity contribution in [2.24, 2.45) is 0 Å². The molecule has 1 aliphatic heterocycles. The molecule has 4 nitrogen and oxygen atoms in total. The summed E-state index contributed by atoms with van der Waals surface area (Å²) in [4.78, 5) is 15.9. The lowest BCUT2D eigenvalue weighted by atomic mass is 9.87. The van der Waals surface area contributed by atoms with Gasteiger partial charge in [-0.25, -0.2) is 13.6 Å². The number of carbonyl (C=O) groups excluding carboxylic acids is 1. The van der Waals surface area contributed by atoms with Crippen molar-refractivity contribution in [3.63, 3.8) is 0 Å². The molecule has 0 saturated carbocycles. The van der Waals surface area contributed by atoms with Crippen molar-refractivity contribution in [1.82, 2.24) is 9.80 Å². The lowest BCUT2D eigenvalue weighted by molar-refractivity contribution is 0.0792. The molecule has 3 rings (SSSR count). The summed E-state index contributed by atoms with van der Waals surface area (Å²) in [5.41, 5.74) is 2.07. The van der Waals surface area contributed by atoms with Gasteiger partial charge in [0.1, 0.15) is 11.6 Å². The van der Waals surface area contributed by atoms with Crippen molar-refractivity contribution in [2.75, 3.05) is 39.3 Å². The summed E-state index contributed by atoms with van der Waals surface area (Å²) in [5.74, 6) is -0.422. The molecule has 1 heterocycles. The summed E-state index contributed by atoms with van der Waals surface area (Å²) in [6.07, 6.45) is 1.61. The van der Waals surface area contributed by atoms with E-state index in [1.807, 2.05) is 31.2 Å². The van der Waals surface area contributed by atoms with Gasteiger partial charge >= 0.3 is 6.09 Å². The van der Waals surface area contributed by atoms with Crippen molar-refractivity contribution in [3.05, 3.63) is 71.3 Å². The van der Waals surface area contributed by atoms with Crippen LogP contribution < -0.4 is 0 Å². The van der Waals surface area contributed by atoms with Crippen LogP contribution in [0.25, 0.3) is 0 Å². The summed E-state index contributed by atoms with van der Waals surface area (Å²) in [6, 6.07) is 13.1. The van der Waals surface area contributed by atoms with Crippen LogP contribution in [-0.4, -0.2) is 55.2 Å². The van der Waals surface area contributed by atoms with Gasteiger partial charge in [0.15, 0.2) is 0 Å². The molecule has 0 spiro atoms. The summed E-state index contributed by atoms with van der Waals surface area (Å²) >= 11 is 0. The van der Waals surface area contributed by atoms with Crippen LogP contribution in [0.5, 0.6) is 0 Å². The van der Waals surface area contributed by atoms with Crippen LogP contribution in [0, 0.1) is 11.6 Å². The van der Waals surface area contributed by atoms with E-state index in [-0.39, 0.29) is 23.6 Å². The van der Waals surface area contributed by atoms with Crippen LogP contribution >= 0.6 is 0 Å². The third-order valence-electron chi connectivity index (χ3n) is 5.41. The maximum absolute atomic E-state index is 13.3. The number of piperazine rings is 1. The SMILES string of the molecule is CCOC(=O)N1CCN(CCCC(c2ccc(F)cc2)c2ccc(F)cc2)CC1. The van der Waals surface area contributed by atoms with Crippen LogP contribution in [0.15, 0.2) is 48.5 Å². The van der Waals surface area contributed by atoms with Gasteiger partial charge in [-0.05, 0) is 61.7 Å². The highest BCUT2D eigenvalue weighted by Crippen LogP contribution is 2.30. The fourth-order valence-electron chi connectivity index (χ4n) is 3.80. The topological polar surface area (TPSA) is 32.8 Å². The fraction of sp³-hybridized carbons (Fsp3) is 0.435. The summed E-state index contributed by atoms with van der Waals surface area (Å²) in [6.45, 7) is 6.15. The van der Waals surface area contributed by atoms with Gasteiger partial charge in [0, 0.05) is 32.1 Å². The molecule has 0 atom stereocenters. The highest BCUT2D eigenvalue weighted by atomic mass is 19.1. The quantitative estimate of drug-likeness (QED) is 0.676. The summed E-state index contributed by atoms with van der Waals surface area (Å²) < 4.78 is 31.7. The van der Waals surface area contributed by atoms with E-state index < -0.39 is 0 Å². The van der Waals surface area contributed by atoms with Crippen LogP contribution in [0.4, 0.5) is 13.6 Å². The predicted molar refractivity (Wildman–Crippen MR) is 109 cm³/mol. The zero-order valence-corrected chi connectivity index (χ0v) is 16.8. The monoisotopic (exact) mass is 402 g/mol. The molecule has 0 radical (unpaired) electrons. The molecule has 0 aromatic heterocycles. The van der Waals surface area contributed by atoms with Crippen molar-refractivity contribution >= 4 is 6.09 Å². The molecule has 1 amide bonds. The molecular formula is C23H28F2N2O2. The zero-order valence-electron chi connectivity index (χ0n) is 16.8. The molecule has 2 aromatic rings. The molecule has 1 fully saturated rings. The summed E-state index contributed by atoms with van der Waals surface area (Å²) in [5, 5.41) is 0. The molecule has 1 aliphatic rings. The smallest absolute Gasteiger partial charge is 0.409 e. The first-order valence-corrected chi connectivity index (χ1v) is 10.2. The van der Waals surface area contributed by atoms with Gasteiger partial charge in [-0.2, -0.15) is 0 Å². The first kappa shape index (κ1) is 21.2. The molecule has 1 saturated heterocycles. The molecule has 156 valence electrons. The minimum absolute atomic E-state index is 0.0945. The van der Waals surface area contributed by atoms with E-state index in [0.717, 1.165) is 43.6 Å². The van der Waals surface area contributed by atoms with Crippen molar-refractivity contribution in [1.29, 1.82) is 0 Å². The average Bonchev–Trinajstić information content (AvgIpc) is 2.74. The largest absolute Gasteiger partial charge is 0.450 e. The first-order valence-electron chi connectivity index (χ1n) is 10.2. The van der Waals surface area contributed by atoms with E-state index in [4.69, 9.17) is 4.74 Å². The van der Waals surface area contributed by atoms with Gasteiger partial charge in [-0.1, -0.05) is 24.3 Å². The number of ether oxygens (including phenoxy) is 1. The van der Waals surface area contributed by atoms with E-state index in [1.54, 1.807) is 4.90 Å². The normalized spacial score (nSPS) is 15.0. The Balaban J connectivity index is 1.56. The fourth-order valence-corrected chi connectivity index (χ4v) is 3.80. The maximum Gasteiger partial charge on any atom is 0.409 e. The first-order chi connectivity index (χ1) is 14.1. The second kappa shape index (κ2) is 10.3. The average molecular weight is 402 g/mol. The lowest BCUT2D eigenvalue weighted by Crippen LogP contribution is -2.49. The van der Waals surface area contributed by atoms with Crippen LogP contribution in [0.1, 0.15) is 36.8 Å². The predicted octanol–water partition coefficient (Wildman–Crippen LogP) is 4.65. The third-order valence-corrected chi connectivity index (χ3v) is 5.41. The van der Waals surface area contributed by atoms with E-state index in [0.29, 0.717) is 19.7 Å². The zero-order chi connectivity index (χ0) is 20.6. The minimum atomic E-state index is -0.258. The van der Waals surface area contributed by atoms with Crippen molar-refractivity contribution in [3.8, 4) is 0 Å². The molecule has 0 N–H and O–H groups in total. The van der Waals surface area contributed by atoms with Gasteiger partial charge in [-0.3, -0.25) is 4.90 Å². The number of rotatable bonds is 7. The second-order valence-corrected chi connectivity index (χ2v) is 7.33. The molecule has 2 aromatic carbocycles. The Hall–Kier alpha value is -2.47. The van der Waals surface area contributed by atoms with E-state index in [1.165, 1.54) is 24.3 Å². The van der Waals surface area contributed by atoms with Gasteiger partial charge in [0.05, 0.1) is 6.61 Å². The van der Waals surface area contributed by atoms with Gasteiger partial charge in [-0.15, -0.1) is 0 Å². The Kier molecular flexibility index (Phi) is 7.58. The van der Waals surface area contributed by atoms with Crippen LogP contribution in [0.2, 0.25) is 0 Å². The number of nitrogens with zero attached hydrogens (tertiary/aromatic N) is 2. The van der Waals surface area contributed by atoms with E-state index >= 15 is 0 Å². The Morgan fingerprint density at radius 2 is 1.45 bits per heavy atom. The number of benzene rings is 2. The van der Waals surface area contributed by atoms with Crippen molar-refractivity contribution in [2.45, 2.75) is 25.7 Å². The Bertz CT molecular complexity index is 727. The van der Waals surface area contributed by atoms with Crippen molar-refractivity contribution < 1.29 is 18.3 Å². The molecule has 0 bridgehead atoms. The minimum Gasteiger partial charge on any atom is -0.450 e. The maximum atomic E-state index is 13.3. The molecular weight excluding hydrogens is 374 g/mol.